The third kappa shape index (κ3) is 3.67. The SMILES string of the molecule is CCC(C)(O)C/C=C/C1(C)CCC(=O)O1. The molecule has 0 saturated carbocycles. The average Bonchev–Trinajstić information content (AvgIpc) is 2.46. The van der Waals surface area contributed by atoms with Crippen LogP contribution >= 0.6 is 0 Å². The van der Waals surface area contributed by atoms with E-state index >= 15 is 0 Å². The highest BCUT2D eigenvalue weighted by molar-refractivity contribution is 5.72. The number of cyclic esters (lactones) is 1. The van der Waals surface area contributed by atoms with Crippen LogP contribution in [-0.2, 0) is 9.53 Å². The highest BCUT2D eigenvalue weighted by Crippen LogP contribution is 2.28. The molecule has 0 radical (unpaired) electrons. The molecule has 1 saturated heterocycles. The third-order valence-electron chi connectivity index (χ3n) is 2.96. The fourth-order valence-corrected chi connectivity index (χ4v) is 1.54. The van der Waals surface area contributed by atoms with E-state index in [1.807, 2.05) is 26.0 Å². The van der Waals surface area contributed by atoms with Crippen molar-refractivity contribution < 1.29 is 14.6 Å². The van der Waals surface area contributed by atoms with Crippen LogP contribution in [0.15, 0.2) is 12.2 Å². The van der Waals surface area contributed by atoms with E-state index in [1.54, 1.807) is 6.92 Å². The predicted molar refractivity (Wildman–Crippen MR) is 58.4 cm³/mol. The summed E-state index contributed by atoms with van der Waals surface area (Å²) in [5.41, 5.74) is -1.11. The molecule has 3 nitrogen and oxygen atoms in total. The molecule has 1 fully saturated rings. The topological polar surface area (TPSA) is 46.5 Å². The molecule has 1 heterocycles. The van der Waals surface area contributed by atoms with E-state index in [0.29, 0.717) is 19.3 Å². The lowest BCUT2D eigenvalue weighted by Gasteiger charge is -2.21. The Morgan fingerprint density at radius 2 is 2.33 bits per heavy atom. The predicted octanol–water partition coefficient (Wildman–Crippen LogP) is 2.19. The van der Waals surface area contributed by atoms with Gasteiger partial charge in [0.2, 0.25) is 0 Å². The molecule has 0 aromatic rings. The van der Waals surface area contributed by atoms with Gasteiger partial charge in [0.05, 0.1) is 5.60 Å². The molecular formula is C12H20O3. The van der Waals surface area contributed by atoms with Crippen LogP contribution in [0.3, 0.4) is 0 Å². The van der Waals surface area contributed by atoms with Crippen molar-refractivity contribution in [1.29, 1.82) is 0 Å². The first-order valence-electron chi connectivity index (χ1n) is 5.49. The van der Waals surface area contributed by atoms with Crippen LogP contribution in [0, 0.1) is 0 Å². The number of aliphatic hydroxyl groups is 1. The summed E-state index contributed by atoms with van der Waals surface area (Å²) in [5, 5.41) is 9.77. The smallest absolute Gasteiger partial charge is 0.306 e. The molecule has 0 aromatic carbocycles. The Labute approximate surface area is 91.1 Å². The maximum absolute atomic E-state index is 11.0. The van der Waals surface area contributed by atoms with Gasteiger partial charge in [-0.1, -0.05) is 13.0 Å². The molecule has 2 atom stereocenters. The Hall–Kier alpha value is -0.830. The van der Waals surface area contributed by atoms with Crippen LogP contribution < -0.4 is 0 Å². The fraction of sp³-hybridized carbons (Fsp3) is 0.750. The molecule has 0 aliphatic carbocycles. The van der Waals surface area contributed by atoms with Gasteiger partial charge in [-0.05, 0) is 32.8 Å². The maximum atomic E-state index is 11.0. The first kappa shape index (κ1) is 12.2. The number of ether oxygens (including phenoxy) is 1. The molecule has 1 N–H and O–H groups in total. The molecule has 86 valence electrons. The van der Waals surface area contributed by atoms with Gasteiger partial charge in [0.1, 0.15) is 5.60 Å². The second-order valence-corrected chi connectivity index (χ2v) is 4.74. The van der Waals surface area contributed by atoms with Crippen LogP contribution in [0.25, 0.3) is 0 Å². The van der Waals surface area contributed by atoms with Gasteiger partial charge in [-0.3, -0.25) is 4.79 Å². The van der Waals surface area contributed by atoms with Gasteiger partial charge < -0.3 is 9.84 Å². The van der Waals surface area contributed by atoms with Crippen molar-refractivity contribution in [2.24, 2.45) is 0 Å². The van der Waals surface area contributed by atoms with E-state index in [4.69, 9.17) is 4.74 Å². The molecule has 1 aliphatic heterocycles. The minimum absolute atomic E-state index is 0.135. The first-order valence-corrected chi connectivity index (χ1v) is 5.49. The second kappa shape index (κ2) is 4.35. The van der Waals surface area contributed by atoms with Crippen molar-refractivity contribution >= 4 is 5.97 Å². The van der Waals surface area contributed by atoms with Crippen molar-refractivity contribution in [2.45, 2.75) is 57.7 Å². The first-order chi connectivity index (χ1) is 6.87. The van der Waals surface area contributed by atoms with Gasteiger partial charge in [0.15, 0.2) is 0 Å². The van der Waals surface area contributed by atoms with Crippen LogP contribution in [0.4, 0.5) is 0 Å². The lowest BCUT2D eigenvalue weighted by molar-refractivity contribution is -0.144. The van der Waals surface area contributed by atoms with Gasteiger partial charge in [-0.2, -0.15) is 0 Å². The molecule has 0 spiro atoms. The Bertz CT molecular complexity index is 268. The lowest BCUT2D eigenvalue weighted by atomic mass is 9.96. The van der Waals surface area contributed by atoms with Crippen LogP contribution in [0.1, 0.15) is 46.5 Å². The van der Waals surface area contributed by atoms with Crippen molar-refractivity contribution in [3.05, 3.63) is 12.2 Å². The molecule has 3 heteroatoms. The molecule has 1 rings (SSSR count). The monoisotopic (exact) mass is 212 g/mol. The van der Waals surface area contributed by atoms with E-state index in [9.17, 15) is 9.90 Å². The van der Waals surface area contributed by atoms with Crippen molar-refractivity contribution in [3.63, 3.8) is 0 Å². The Morgan fingerprint density at radius 1 is 1.67 bits per heavy atom. The zero-order valence-electron chi connectivity index (χ0n) is 9.75. The standard InChI is InChI=1S/C12H20O3/c1-4-11(2,14)7-5-8-12(3)9-6-10(13)15-12/h5,8,14H,4,6-7,9H2,1-3H3/b8-5+. The molecule has 0 bridgehead atoms. The van der Waals surface area contributed by atoms with Crippen molar-refractivity contribution in [2.75, 3.05) is 0 Å². The summed E-state index contributed by atoms with van der Waals surface area (Å²) in [6.07, 6.45) is 6.33. The number of carbonyl (C=O) groups excluding carboxylic acids is 1. The molecule has 15 heavy (non-hydrogen) atoms. The number of carbonyl (C=O) groups is 1. The van der Waals surface area contributed by atoms with Gasteiger partial charge in [-0.15, -0.1) is 0 Å². The third-order valence-corrected chi connectivity index (χ3v) is 2.96. The van der Waals surface area contributed by atoms with Crippen molar-refractivity contribution in [3.8, 4) is 0 Å². The normalized spacial score (nSPS) is 30.5. The zero-order chi connectivity index (χ0) is 11.5. The highest BCUT2D eigenvalue weighted by atomic mass is 16.6. The van der Waals surface area contributed by atoms with E-state index < -0.39 is 11.2 Å². The number of rotatable bonds is 4. The van der Waals surface area contributed by atoms with E-state index in [-0.39, 0.29) is 5.97 Å². The molecule has 0 amide bonds. The number of esters is 1. The maximum Gasteiger partial charge on any atom is 0.306 e. The minimum atomic E-state index is -0.657. The Morgan fingerprint density at radius 3 is 2.80 bits per heavy atom. The quantitative estimate of drug-likeness (QED) is 0.574. The van der Waals surface area contributed by atoms with Crippen LogP contribution in [-0.4, -0.2) is 22.3 Å². The van der Waals surface area contributed by atoms with Crippen LogP contribution in [0.5, 0.6) is 0 Å². The summed E-state index contributed by atoms with van der Waals surface area (Å²) in [6.45, 7) is 5.65. The van der Waals surface area contributed by atoms with E-state index in [1.165, 1.54) is 0 Å². The molecule has 0 aromatic heterocycles. The zero-order valence-corrected chi connectivity index (χ0v) is 9.75. The minimum Gasteiger partial charge on any atom is -0.455 e. The van der Waals surface area contributed by atoms with Crippen molar-refractivity contribution in [1.82, 2.24) is 0 Å². The number of hydrogen-bond donors (Lipinski definition) is 1. The average molecular weight is 212 g/mol. The highest BCUT2D eigenvalue weighted by Gasteiger charge is 2.33. The summed E-state index contributed by atoms with van der Waals surface area (Å²) in [4.78, 5) is 11.0. The Kier molecular flexibility index (Phi) is 3.55. The molecular weight excluding hydrogens is 192 g/mol. The summed E-state index contributed by atoms with van der Waals surface area (Å²) >= 11 is 0. The van der Waals surface area contributed by atoms with Gasteiger partial charge in [0.25, 0.3) is 0 Å². The summed E-state index contributed by atoms with van der Waals surface area (Å²) in [7, 11) is 0. The fourth-order valence-electron chi connectivity index (χ4n) is 1.54. The lowest BCUT2D eigenvalue weighted by Crippen LogP contribution is -2.23. The van der Waals surface area contributed by atoms with E-state index in [2.05, 4.69) is 0 Å². The number of hydrogen-bond acceptors (Lipinski definition) is 3. The summed E-state index contributed by atoms with van der Waals surface area (Å²) in [6, 6.07) is 0. The molecule has 2 unspecified atom stereocenters. The van der Waals surface area contributed by atoms with Gasteiger partial charge in [-0.25, -0.2) is 0 Å². The van der Waals surface area contributed by atoms with Gasteiger partial charge >= 0.3 is 5.97 Å². The molecule has 1 aliphatic rings. The van der Waals surface area contributed by atoms with Gasteiger partial charge in [0, 0.05) is 12.8 Å². The summed E-state index contributed by atoms with van der Waals surface area (Å²) < 4.78 is 5.19. The second-order valence-electron chi connectivity index (χ2n) is 4.74. The van der Waals surface area contributed by atoms with Crippen LogP contribution in [0.2, 0.25) is 0 Å². The summed E-state index contributed by atoms with van der Waals surface area (Å²) in [5.74, 6) is -0.135. The Balaban J connectivity index is 2.48. The van der Waals surface area contributed by atoms with E-state index in [0.717, 1.165) is 6.42 Å². The largest absolute Gasteiger partial charge is 0.455 e.